The van der Waals surface area contributed by atoms with Crippen LogP contribution in [0.2, 0.25) is 0 Å². The Bertz CT molecular complexity index is 975. The van der Waals surface area contributed by atoms with Gasteiger partial charge in [-0.1, -0.05) is 48.5 Å². The van der Waals surface area contributed by atoms with E-state index in [1.165, 1.54) is 21.2 Å². The van der Waals surface area contributed by atoms with Crippen molar-refractivity contribution in [3.05, 3.63) is 72.3 Å². The smallest absolute Gasteiger partial charge is 0.279 e. The summed E-state index contributed by atoms with van der Waals surface area (Å²) < 4.78 is 5.21. The van der Waals surface area contributed by atoms with Crippen molar-refractivity contribution in [2.75, 3.05) is 45.2 Å². The Morgan fingerprint density at radius 3 is 2.48 bits per heavy atom. The van der Waals surface area contributed by atoms with Crippen LogP contribution in [-0.2, 0) is 11.3 Å². The van der Waals surface area contributed by atoms with Crippen LogP contribution in [0.25, 0.3) is 10.8 Å². The predicted molar refractivity (Wildman–Crippen MR) is 116 cm³/mol. The summed E-state index contributed by atoms with van der Waals surface area (Å²) in [6, 6.07) is 22.7. The minimum absolute atomic E-state index is 0.0609. The molecule has 1 fully saturated rings. The lowest BCUT2D eigenvalue weighted by Crippen LogP contribution is -3.28. The Morgan fingerprint density at radius 2 is 1.66 bits per heavy atom. The molecule has 1 saturated heterocycles. The summed E-state index contributed by atoms with van der Waals surface area (Å²) >= 11 is 0. The van der Waals surface area contributed by atoms with E-state index in [-0.39, 0.29) is 5.91 Å². The first kappa shape index (κ1) is 19.4. The number of benzene rings is 3. The van der Waals surface area contributed by atoms with Gasteiger partial charge in [0.2, 0.25) is 0 Å². The largest absolute Gasteiger partial charge is 0.497 e. The molecule has 0 spiro atoms. The van der Waals surface area contributed by atoms with Crippen LogP contribution in [0.4, 0.5) is 5.69 Å². The average molecular weight is 392 g/mol. The second kappa shape index (κ2) is 9.07. The van der Waals surface area contributed by atoms with Crippen LogP contribution >= 0.6 is 0 Å². The number of amides is 1. The fraction of sp³-hybridized carbons (Fsp3) is 0.292. The molecule has 1 aliphatic rings. The number of piperazine rings is 1. The maximum absolute atomic E-state index is 12.4. The Morgan fingerprint density at radius 1 is 0.931 bits per heavy atom. The number of hydrogen-bond donors (Lipinski definition) is 3. The lowest BCUT2D eigenvalue weighted by Gasteiger charge is -2.29. The summed E-state index contributed by atoms with van der Waals surface area (Å²) in [7, 11) is 1.63. The van der Waals surface area contributed by atoms with Crippen molar-refractivity contribution in [3.63, 3.8) is 0 Å². The highest BCUT2D eigenvalue weighted by Crippen LogP contribution is 2.18. The van der Waals surface area contributed by atoms with Gasteiger partial charge in [0.1, 0.15) is 38.5 Å². The summed E-state index contributed by atoms with van der Waals surface area (Å²) in [5, 5.41) is 5.65. The van der Waals surface area contributed by atoms with E-state index >= 15 is 0 Å². The van der Waals surface area contributed by atoms with Crippen LogP contribution in [0, 0.1) is 0 Å². The number of nitrogens with one attached hydrogen (secondary N) is 3. The van der Waals surface area contributed by atoms with E-state index in [4.69, 9.17) is 4.74 Å². The van der Waals surface area contributed by atoms with Gasteiger partial charge in [-0.3, -0.25) is 4.79 Å². The highest BCUT2D eigenvalue weighted by molar-refractivity contribution is 5.91. The summed E-state index contributed by atoms with van der Waals surface area (Å²) in [5.74, 6) is 0.812. The third-order valence-corrected chi connectivity index (χ3v) is 5.75. The Kier molecular flexibility index (Phi) is 6.08. The molecule has 3 aromatic carbocycles. The predicted octanol–water partition coefficient (Wildman–Crippen LogP) is 0.771. The minimum atomic E-state index is 0.0609. The number of anilines is 1. The highest BCUT2D eigenvalue weighted by Gasteiger charge is 2.25. The number of methoxy groups -OCH3 is 1. The lowest BCUT2D eigenvalue weighted by atomic mass is 10.0. The van der Waals surface area contributed by atoms with Gasteiger partial charge in [-0.25, -0.2) is 0 Å². The van der Waals surface area contributed by atoms with Gasteiger partial charge in [-0.2, -0.15) is 0 Å². The van der Waals surface area contributed by atoms with Gasteiger partial charge < -0.3 is 19.9 Å². The molecule has 5 heteroatoms. The topological polar surface area (TPSA) is 47.2 Å². The monoisotopic (exact) mass is 391 g/mol. The zero-order valence-electron chi connectivity index (χ0n) is 16.9. The quantitative estimate of drug-likeness (QED) is 0.581. The number of carbonyl (C=O) groups is 1. The van der Waals surface area contributed by atoms with E-state index in [0.29, 0.717) is 6.54 Å². The molecule has 0 aromatic heterocycles. The molecular weight excluding hydrogens is 362 g/mol. The molecule has 0 saturated carbocycles. The number of fused-ring (bicyclic) bond motifs is 1. The first-order chi connectivity index (χ1) is 14.2. The maximum atomic E-state index is 12.4. The molecule has 0 unspecified atom stereocenters. The standard InChI is InChI=1S/C24H27N3O2/c1-29-22-10-5-9-21(16-22)25-24(28)18-27-14-12-26(13-15-27)17-20-8-4-7-19-6-2-3-11-23(19)20/h2-11,16H,12-15,17-18H2,1H3,(H,25,28)/p+2. The molecular formula is C24H29N3O2+2. The number of carbonyl (C=O) groups excluding carboxylic acids is 1. The Labute approximate surface area is 171 Å². The molecule has 3 N–H and O–H groups in total. The van der Waals surface area contributed by atoms with Crippen molar-refractivity contribution >= 4 is 22.4 Å². The summed E-state index contributed by atoms with van der Waals surface area (Å²) in [4.78, 5) is 15.4. The molecule has 0 bridgehead atoms. The van der Waals surface area contributed by atoms with Gasteiger partial charge in [-0.15, -0.1) is 0 Å². The van der Waals surface area contributed by atoms with E-state index in [1.807, 2.05) is 24.3 Å². The van der Waals surface area contributed by atoms with Crippen LogP contribution in [0.3, 0.4) is 0 Å². The molecule has 0 aliphatic carbocycles. The Hall–Kier alpha value is -2.89. The fourth-order valence-electron chi connectivity index (χ4n) is 4.16. The van der Waals surface area contributed by atoms with Crippen LogP contribution < -0.4 is 19.9 Å². The average Bonchev–Trinajstić information content (AvgIpc) is 2.75. The Balaban J connectivity index is 1.28. The molecule has 3 aromatic rings. The molecule has 29 heavy (non-hydrogen) atoms. The van der Waals surface area contributed by atoms with Gasteiger partial charge in [0, 0.05) is 17.3 Å². The first-order valence-electron chi connectivity index (χ1n) is 10.3. The van der Waals surface area contributed by atoms with E-state index in [2.05, 4.69) is 47.8 Å². The minimum Gasteiger partial charge on any atom is -0.497 e. The first-order valence-corrected chi connectivity index (χ1v) is 10.3. The normalized spacial score (nSPS) is 19.1. The third-order valence-electron chi connectivity index (χ3n) is 5.75. The van der Waals surface area contributed by atoms with Crippen molar-refractivity contribution in [1.29, 1.82) is 0 Å². The van der Waals surface area contributed by atoms with Crippen LogP contribution in [0.5, 0.6) is 5.75 Å². The lowest BCUT2D eigenvalue weighted by molar-refractivity contribution is -1.01. The molecule has 150 valence electrons. The molecule has 0 radical (unpaired) electrons. The third kappa shape index (κ3) is 4.94. The van der Waals surface area contributed by atoms with Crippen molar-refractivity contribution in [3.8, 4) is 5.75 Å². The van der Waals surface area contributed by atoms with Crippen molar-refractivity contribution in [1.82, 2.24) is 0 Å². The molecule has 1 heterocycles. The maximum Gasteiger partial charge on any atom is 0.279 e. The highest BCUT2D eigenvalue weighted by atomic mass is 16.5. The van der Waals surface area contributed by atoms with Crippen LogP contribution in [-0.4, -0.2) is 45.7 Å². The SMILES string of the molecule is COc1cccc(NC(=O)C[NH+]2CC[NH+](Cc3cccc4ccccc34)CC2)c1. The second-order valence-corrected chi connectivity index (χ2v) is 7.77. The number of hydrogen-bond acceptors (Lipinski definition) is 2. The van der Waals surface area contributed by atoms with Crippen molar-refractivity contribution < 1.29 is 19.3 Å². The van der Waals surface area contributed by atoms with Gasteiger partial charge >= 0.3 is 0 Å². The van der Waals surface area contributed by atoms with Crippen molar-refractivity contribution in [2.24, 2.45) is 0 Å². The second-order valence-electron chi connectivity index (χ2n) is 7.77. The van der Waals surface area contributed by atoms with Crippen molar-refractivity contribution in [2.45, 2.75) is 6.54 Å². The van der Waals surface area contributed by atoms with E-state index < -0.39 is 0 Å². The molecule has 1 aliphatic heterocycles. The fourth-order valence-corrected chi connectivity index (χ4v) is 4.16. The van der Waals surface area contributed by atoms with Gasteiger partial charge in [0.15, 0.2) is 6.54 Å². The summed E-state index contributed by atoms with van der Waals surface area (Å²) in [5.41, 5.74) is 2.20. The molecule has 1 amide bonds. The van der Waals surface area contributed by atoms with Crippen LogP contribution in [0.15, 0.2) is 66.7 Å². The number of ether oxygens (including phenoxy) is 1. The van der Waals surface area contributed by atoms with Gasteiger partial charge in [0.05, 0.1) is 7.11 Å². The zero-order valence-corrected chi connectivity index (χ0v) is 16.9. The molecule has 4 rings (SSSR count). The van der Waals surface area contributed by atoms with Gasteiger partial charge in [0.25, 0.3) is 5.91 Å². The molecule has 0 atom stereocenters. The van der Waals surface area contributed by atoms with E-state index in [9.17, 15) is 4.79 Å². The summed E-state index contributed by atoms with van der Waals surface area (Å²) in [6.07, 6.45) is 0. The number of rotatable bonds is 6. The van der Waals surface area contributed by atoms with E-state index in [1.54, 1.807) is 12.0 Å². The zero-order chi connectivity index (χ0) is 20.1. The van der Waals surface area contributed by atoms with Crippen LogP contribution in [0.1, 0.15) is 5.56 Å². The van der Waals surface area contributed by atoms with Gasteiger partial charge in [-0.05, 0) is 22.9 Å². The number of quaternary nitrogens is 2. The van der Waals surface area contributed by atoms with E-state index in [0.717, 1.165) is 44.2 Å². The summed E-state index contributed by atoms with van der Waals surface area (Å²) in [6.45, 7) is 5.77. The molecule has 5 nitrogen and oxygen atoms in total.